The van der Waals surface area contributed by atoms with E-state index in [0.717, 1.165) is 0 Å². The summed E-state index contributed by atoms with van der Waals surface area (Å²) in [7, 11) is 0. The van der Waals surface area contributed by atoms with E-state index in [0.29, 0.717) is 25.2 Å². The van der Waals surface area contributed by atoms with Crippen LogP contribution in [-0.4, -0.2) is 75.9 Å². The lowest BCUT2D eigenvalue weighted by atomic mass is 10.2. The monoisotopic (exact) mass is 301 g/mol. The molecule has 0 aromatic heterocycles. The van der Waals surface area contributed by atoms with E-state index >= 15 is 0 Å². The highest BCUT2D eigenvalue weighted by Gasteiger charge is 2.38. The predicted octanol–water partition coefficient (Wildman–Crippen LogP) is 0.335. The van der Waals surface area contributed by atoms with Gasteiger partial charge >= 0.3 is 12.0 Å². The molecular formula is C14H27N3O4. The smallest absolute Gasteiger partial charge is 0.326 e. The number of carbonyl (C=O) groups excluding carboxylic acids is 1. The van der Waals surface area contributed by atoms with Gasteiger partial charge in [-0.2, -0.15) is 0 Å². The van der Waals surface area contributed by atoms with Crippen LogP contribution in [0.3, 0.4) is 0 Å². The maximum Gasteiger partial charge on any atom is 0.326 e. The van der Waals surface area contributed by atoms with Crippen LogP contribution in [0.4, 0.5) is 4.79 Å². The number of carboxylic acid groups (broad SMARTS) is 1. The van der Waals surface area contributed by atoms with Crippen LogP contribution in [-0.2, 0) is 4.79 Å². The number of rotatable bonds is 6. The second kappa shape index (κ2) is 7.61. The second-order valence-corrected chi connectivity index (χ2v) is 6.05. The molecule has 7 heteroatoms. The summed E-state index contributed by atoms with van der Waals surface area (Å²) in [6.45, 7) is 9.61. The molecule has 0 radical (unpaired) electrons. The number of aliphatic carboxylic acids is 1. The predicted molar refractivity (Wildman–Crippen MR) is 79.1 cm³/mol. The fourth-order valence-corrected chi connectivity index (χ4v) is 2.78. The Morgan fingerprint density at radius 3 is 2.33 bits per heavy atom. The summed E-state index contributed by atoms with van der Waals surface area (Å²) in [5.74, 6) is -1.08. The van der Waals surface area contributed by atoms with Crippen LogP contribution in [0.5, 0.6) is 0 Å². The van der Waals surface area contributed by atoms with Crippen LogP contribution in [0, 0.1) is 0 Å². The van der Waals surface area contributed by atoms with Gasteiger partial charge in [-0.05, 0) is 27.7 Å². The van der Waals surface area contributed by atoms with E-state index in [1.54, 1.807) is 0 Å². The number of urea groups is 1. The van der Waals surface area contributed by atoms with E-state index in [4.69, 9.17) is 5.11 Å². The number of carbonyl (C=O) groups is 2. The first-order valence-electron chi connectivity index (χ1n) is 7.45. The molecule has 0 aliphatic carbocycles. The van der Waals surface area contributed by atoms with Gasteiger partial charge in [-0.1, -0.05) is 0 Å². The molecule has 0 saturated carbocycles. The van der Waals surface area contributed by atoms with Crippen molar-refractivity contribution in [3.05, 3.63) is 0 Å². The quantitative estimate of drug-likeness (QED) is 0.657. The summed E-state index contributed by atoms with van der Waals surface area (Å²) in [6.07, 6.45) is -0.674. The zero-order valence-electron chi connectivity index (χ0n) is 13.2. The molecule has 1 fully saturated rings. The standard InChI is InChI=1S/C14H27N3O4/c1-9(2)16(10(3)4)6-5-15-14(21)17-8-11(18)7-12(17)13(19)20/h9-12,18H,5-8H2,1-4H3,(H,15,21)(H,19,20)/t11-,12-/m0/s1. The fraction of sp³-hybridized carbons (Fsp3) is 0.857. The van der Waals surface area contributed by atoms with Crippen molar-refractivity contribution >= 4 is 12.0 Å². The fourth-order valence-electron chi connectivity index (χ4n) is 2.78. The van der Waals surface area contributed by atoms with Crippen molar-refractivity contribution in [2.75, 3.05) is 19.6 Å². The lowest BCUT2D eigenvalue weighted by molar-refractivity contribution is -0.141. The normalized spacial score (nSPS) is 22.4. The van der Waals surface area contributed by atoms with Gasteiger partial charge < -0.3 is 20.4 Å². The zero-order valence-corrected chi connectivity index (χ0v) is 13.2. The first kappa shape index (κ1) is 17.7. The molecule has 0 spiro atoms. The molecule has 1 saturated heterocycles. The Bertz CT molecular complexity index is 365. The Morgan fingerprint density at radius 1 is 1.29 bits per heavy atom. The average molecular weight is 301 g/mol. The maximum absolute atomic E-state index is 12.0. The Hall–Kier alpha value is -1.34. The number of aliphatic hydroxyl groups excluding tert-OH is 1. The van der Waals surface area contributed by atoms with Gasteiger partial charge in [0.15, 0.2) is 0 Å². The lowest BCUT2D eigenvalue weighted by Gasteiger charge is -2.31. The molecule has 122 valence electrons. The van der Waals surface area contributed by atoms with Crippen LogP contribution in [0.15, 0.2) is 0 Å². The van der Waals surface area contributed by atoms with Gasteiger partial charge in [-0.15, -0.1) is 0 Å². The molecule has 3 N–H and O–H groups in total. The molecule has 0 bridgehead atoms. The van der Waals surface area contributed by atoms with Gasteiger partial charge in [-0.3, -0.25) is 4.90 Å². The lowest BCUT2D eigenvalue weighted by Crippen LogP contribution is -2.49. The molecule has 0 unspecified atom stereocenters. The van der Waals surface area contributed by atoms with Crippen LogP contribution in [0.25, 0.3) is 0 Å². The molecule has 1 aliphatic rings. The van der Waals surface area contributed by atoms with Gasteiger partial charge in [0.1, 0.15) is 6.04 Å². The minimum absolute atomic E-state index is 0.0703. The Kier molecular flexibility index (Phi) is 6.42. The largest absolute Gasteiger partial charge is 0.480 e. The minimum atomic E-state index is -1.08. The molecule has 7 nitrogen and oxygen atoms in total. The number of nitrogens with zero attached hydrogens (tertiary/aromatic N) is 2. The summed E-state index contributed by atoms with van der Waals surface area (Å²) in [5, 5.41) is 21.3. The van der Waals surface area contributed by atoms with Crippen molar-refractivity contribution in [1.82, 2.24) is 15.1 Å². The third-order valence-corrected chi connectivity index (χ3v) is 3.80. The van der Waals surface area contributed by atoms with Crippen LogP contribution < -0.4 is 5.32 Å². The topological polar surface area (TPSA) is 93.1 Å². The van der Waals surface area contributed by atoms with Crippen molar-refractivity contribution < 1.29 is 19.8 Å². The second-order valence-electron chi connectivity index (χ2n) is 6.05. The zero-order chi connectivity index (χ0) is 16.2. The molecule has 2 amide bonds. The first-order chi connectivity index (χ1) is 9.73. The number of hydrogen-bond acceptors (Lipinski definition) is 4. The number of aliphatic hydroxyl groups is 1. The highest BCUT2D eigenvalue weighted by atomic mass is 16.4. The van der Waals surface area contributed by atoms with Crippen molar-refractivity contribution in [1.29, 1.82) is 0 Å². The van der Waals surface area contributed by atoms with Crippen LogP contribution in [0.1, 0.15) is 34.1 Å². The number of hydrogen-bond donors (Lipinski definition) is 3. The maximum atomic E-state index is 12.0. The van der Waals surface area contributed by atoms with Crippen molar-refractivity contribution in [2.45, 2.75) is 58.3 Å². The summed E-state index contributed by atoms with van der Waals surface area (Å²) in [6, 6.07) is -0.609. The number of β-amino-alcohol motifs (C(OH)–C–C–N with tert-alkyl or cyclic N) is 1. The summed E-state index contributed by atoms with van der Waals surface area (Å²) in [5.41, 5.74) is 0. The molecule has 1 heterocycles. The molecule has 0 aromatic carbocycles. The molecule has 2 atom stereocenters. The molecule has 0 aromatic rings. The minimum Gasteiger partial charge on any atom is -0.480 e. The highest BCUT2D eigenvalue weighted by Crippen LogP contribution is 2.18. The summed E-state index contributed by atoms with van der Waals surface area (Å²) < 4.78 is 0. The highest BCUT2D eigenvalue weighted by molar-refractivity contribution is 5.83. The van der Waals surface area contributed by atoms with Crippen LogP contribution in [0.2, 0.25) is 0 Å². The number of carboxylic acids is 1. The number of likely N-dealkylation sites (tertiary alicyclic amines) is 1. The van der Waals surface area contributed by atoms with Crippen LogP contribution >= 0.6 is 0 Å². The summed E-state index contributed by atoms with van der Waals surface area (Å²) in [4.78, 5) is 26.6. The third kappa shape index (κ3) is 4.86. The third-order valence-electron chi connectivity index (χ3n) is 3.80. The van der Waals surface area contributed by atoms with Gasteiger partial charge in [0.2, 0.25) is 0 Å². The first-order valence-corrected chi connectivity index (χ1v) is 7.45. The average Bonchev–Trinajstić information content (AvgIpc) is 2.75. The van der Waals surface area contributed by atoms with Crippen molar-refractivity contribution in [3.8, 4) is 0 Å². The Labute approximate surface area is 125 Å². The SMILES string of the molecule is CC(C)N(CCNC(=O)N1C[C@@H](O)C[C@H]1C(=O)O)C(C)C. The number of amides is 2. The van der Waals surface area contributed by atoms with Crippen molar-refractivity contribution in [3.63, 3.8) is 0 Å². The number of nitrogens with one attached hydrogen (secondary N) is 1. The van der Waals surface area contributed by atoms with E-state index in [1.165, 1.54) is 4.90 Å². The van der Waals surface area contributed by atoms with Crippen molar-refractivity contribution in [2.24, 2.45) is 0 Å². The Morgan fingerprint density at radius 2 is 1.86 bits per heavy atom. The van der Waals surface area contributed by atoms with E-state index in [1.807, 2.05) is 0 Å². The van der Waals surface area contributed by atoms with E-state index in [2.05, 4.69) is 37.9 Å². The summed E-state index contributed by atoms with van der Waals surface area (Å²) >= 11 is 0. The van der Waals surface area contributed by atoms with Gasteiger partial charge in [0.25, 0.3) is 0 Å². The van der Waals surface area contributed by atoms with Gasteiger partial charge in [-0.25, -0.2) is 9.59 Å². The molecule has 1 aliphatic heterocycles. The van der Waals surface area contributed by atoms with E-state index in [-0.39, 0.29) is 13.0 Å². The van der Waals surface area contributed by atoms with Gasteiger partial charge in [0, 0.05) is 38.1 Å². The molecule has 1 rings (SSSR count). The Balaban J connectivity index is 2.48. The van der Waals surface area contributed by atoms with E-state index < -0.39 is 24.1 Å². The van der Waals surface area contributed by atoms with E-state index in [9.17, 15) is 14.7 Å². The molecule has 21 heavy (non-hydrogen) atoms. The van der Waals surface area contributed by atoms with Gasteiger partial charge in [0.05, 0.1) is 6.10 Å². The molecular weight excluding hydrogens is 274 g/mol.